The number of carboxylic acids is 1. The lowest BCUT2D eigenvalue weighted by Crippen LogP contribution is -2.34. The number of carboxylic acid groups (broad SMARTS) is 1. The Bertz CT molecular complexity index is 304. The van der Waals surface area contributed by atoms with E-state index >= 15 is 0 Å². The van der Waals surface area contributed by atoms with E-state index in [1.807, 2.05) is 0 Å². The number of carbonyl (C=O) groups excluding carboxylic acids is 1. The molecule has 2 aliphatic rings. The van der Waals surface area contributed by atoms with Gasteiger partial charge >= 0.3 is 5.97 Å². The molecule has 0 spiro atoms. The first-order chi connectivity index (χ1) is 7.58. The maximum atomic E-state index is 11.6. The Kier molecular flexibility index (Phi) is 3.14. The number of aliphatic carboxylic acids is 1. The van der Waals surface area contributed by atoms with Crippen molar-refractivity contribution in [2.45, 2.75) is 31.8 Å². The number of hydrogen-bond acceptors (Lipinski definition) is 3. The number of hydrogen-bond donors (Lipinski definition) is 2. The summed E-state index contributed by atoms with van der Waals surface area (Å²) in [5, 5.41) is 18.5. The summed E-state index contributed by atoms with van der Waals surface area (Å²) in [6, 6.07) is 0. The Morgan fingerprint density at radius 1 is 1.44 bits per heavy atom. The van der Waals surface area contributed by atoms with E-state index in [0.717, 1.165) is 19.3 Å². The summed E-state index contributed by atoms with van der Waals surface area (Å²) in [5.41, 5.74) is 0. The minimum atomic E-state index is -0.900. The summed E-state index contributed by atoms with van der Waals surface area (Å²) in [5.74, 6) is -1.42. The zero-order valence-electron chi connectivity index (χ0n) is 9.13. The van der Waals surface area contributed by atoms with Crippen LogP contribution in [-0.4, -0.2) is 46.2 Å². The molecule has 0 aromatic heterocycles. The molecule has 1 saturated heterocycles. The maximum Gasteiger partial charge on any atom is 0.308 e. The smallest absolute Gasteiger partial charge is 0.308 e. The molecule has 3 unspecified atom stereocenters. The number of aliphatic hydroxyl groups excluding tert-OH is 1. The Balaban J connectivity index is 1.91. The van der Waals surface area contributed by atoms with Crippen LogP contribution in [0.5, 0.6) is 0 Å². The highest BCUT2D eigenvalue weighted by molar-refractivity contribution is 5.86. The number of rotatable bonds is 3. The molecule has 5 heteroatoms. The maximum absolute atomic E-state index is 11.6. The lowest BCUT2D eigenvalue weighted by molar-refractivity contribution is -0.141. The third kappa shape index (κ3) is 2.19. The molecule has 5 nitrogen and oxygen atoms in total. The highest BCUT2D eigenvalue weighted by Gasteiger charge is 2.37. The molecule has 1 amide bonds. The summed E-state index contributed by atoms with van der Waals surface area (Å²) in [6.45, 7) is 0.821. The van der Waals surface area contributed by atoms with Gasteiger partial charge in [-0.3, -0.25) is 9.59 Å². The number of carbonyl (C=O) groups is 2. The van der Waals surface area contributed by atoms with Gasteiger partial charge in [-0.05, 0) is 12.8 Å². The third-order valence-electron chi connectivity index (χ3n) is 3.64. The minimum Gasteiger partial charge on any atom is -0.481 e. The summed E-state index contributed by atoms with van der Waals surface area (Å²) in [7, 11) is 0. The van der Waals surface area contributed by atoms with Crippen LogP contribution >= 0.6 is 0 Å². The van der Waals surface area contributed by atoms with Crippen LogP contribution in [0.15, 0.2) is 0 Å². The van der Waals surface area contributed by atoms with Crippen LogP contribution in [0.4, 0.5) is 0 Å². The van der Waals surface area contributed by atoms with E-state index in [4.69, 9.17) is 5.11 Å². The molecule has 0 bridgehead atoms. The van der Waals surface area contributed by atoms with Crippen molar-refractivity contribution >= 4 is 11.9 Å². The van der Waals surface area contributed by atoms with Gasteiger partial charge in [-0.15, -0.1) is 0 Å². The number of aliphatic hydroxyl groups is 1. The van der Waals surface area contributed by atoms with E-state index in [1.165, 1.54) is 0 Å². The van der Waals surface area contributed by atoms with Gasteiger partial charge < -0.3 is 15.1 Å². The van der Waals surface area contributed by atoms with Gasteiger partial charge in [0.05, 0.1) is 12.0 Å². The second-order valence-electron chi connectivity index (χ2n) is 4.80. The molecule has 0 aromatic carbocycles. The molecule has 90 valence electrons. The minimum absolute atomic E-state index is 0.0912. The van der Waals surface area contributed by atoms with Crippen LogP contribution < -0.4 is 0 Å². The molecule has 1 aliphatic carbocycles. The van der Waals surface area contributed by atoms with Gasteiger partial charge in [-0.25, -0.2) is 0 Å². The summed E-state index contributed by atoms with van der Waals surface area (Å²) < 4.78 is 0. The van der Waals surface area contributed by atoms with Gasteiger partial charge in [-0.2, -0.15) is 0 Å². The van der Waals surface area contributed by atoms with E-state index in [9.17, 15) is 14.7 Å². The Hall–Kier alpha value is -1.10. The van der Waals surface area contributed by atoms with Gasteiger partial charge in [0, 0.05) is 25.4 Å². The van der Waals surface area contributed by atoms with E-state index in [0.29, 0.717) is 13.1 Å². The molecule has 2 rings (SSSR count). The molecule has 0 aromatic rings. The summed E-state index contributed by atoms with van der Waals surface area (Å²) in [6.07, 6.45) is 2.52. The zero-order valence-corrected chi connectivity index (χ0v) is 9.13. The van der Waals surface area contributed by atoms with E-state index in [1.54, 1.807) is 4.90 Å². The molecular weight excluding hydrogens is 210 g/mol. The Labute approximate surface area is 94.0 Å². The lowest BCUT2D eigenvalue weighted by atomic mass is 10.1. The lowest BCUT2D eigenvalue weighted by Gasteiger charge is -2.22. The Morgan fingerprint density at radius 3 is 2.69 bits per heavy atom. The van der Waals surface area contributed by atoms with Crippen LogP contribution in [0.3, 0.4) is 0 Å². The van der Waals surface area contributed by atoms with Crippen molar-refractivity contribution in [1.29, 1.82) is 0 Å². The molecule has 2 N–H and O–H groups in total. The van der Waals surface area contributed by atoms with Crippen LogP contribution in [0.1, 0.15) is 25.7 Å². The van der Waals surface area contributed by atoms with Gasteiger partial charge in [0.25, 0.3) is 0 Å². The van der Waals surface area contributed by atoms with Crippen molar-refractivity contribution in [1.82, 2.24) is 4.90 Å². The predicted octanol–water partition coefficient (Wildman–Crippen LogP) is 0.0805. The Morgan fingerprint density at radius 2 is 2.19 bits per heavy atom. The number of likely N-dealkylation sites (tertiary alicyclic amines) is 1. The van der Waals surface area contributed by atoms with Gasteiger partial charge in [0.1, 0.15) is 0 Å². The molecule has 3 atom stereocenters. The second-order valence-corrected chi connectivity index (χ2v) is 4.80. The first kappa shape index (κ1) is 11.4. The normalized spacial score (nSPS) is 34.7. The summed E-state index contributed by atoms with van der Waals surface area (Å²) in [4.78, 5) is 23.9. The van der Waals surface area contributed by atoms with E-state index in [-0.39, 0.29) is 24.3 Å². The average Bonchev–Trinajstić information content (AvgIpc) is 2.76. The van der Waals surface area contributed by atoms with Crippen LogP contribution in [0.2, 0.25) is 0 Å². The van der Waals surface area contributed by atoms with Crippen molar-refractivity contribution in [3.05, 3.63) is 0 Å². The first-order valence-electron chi connectivity index (χ1n) is 5.76. The van der Waals surface area contributed by atoms with Crippen molar-refractivity contribution in [3.63, 3.8) is 0 Å². The van der Waals surface area contributed by atoms with Crippen LogP contribution in [0, 0.1) is 11.8 Å². The largest absolute Gasteiger partial charge is 0.481 e. The zero-order chi connectivity index (χ0) is 11.7. The molecule has 1 saturated carbocycles. The van der Waals surface area contributed by atoms with Gasteiger partial charge in [-0.1, -0.05) is 6.42 Å². The monoisotopic (exact) mass is 227 g/mol. The first-order valence-corrected chi connectivity index (χ1v) is 5.76. The van der Waals surface area contributed by atoms with Crippen molar-refractivity contribution in [2.75, 3.05) is 13.1 Å². The molecule has 0 radical (unpaired) electrons. The van der Waals surface area contributed by atoms with Crippen molar-refractivity contribution < 1.29 is 19.8 Å². The standard InChI is InChI=1S/C11H17NO4/c13-9-3-1-2-7(9)5-12-6-8(11(15)16)4-10(12)14/h7-9,13H,1-6H2,(H,15,16). The fraction of sp³-hybridized carbons (Fsp3) is 0.818. The highest BCUT2D eigenvalue weighted by Crippen LogP contribution is 2.28. The molecule has 1 aliphatic heterocycles. The van der Waals surface area contributed by atoms with Crippen molar-refractivity contribution in [3.8, 4) is 0 Å². The van der Waals surface area contributed by atoms with Crippen LogP contribution in [0.25, 0.3) is 0 Å². The highest BCUT2D eigenvalue weighted by atomic mass is 16.4. The third-order valence-corrected chi connectivity index (χ3v) is 3.64. The van der Waals surface area contributed by atoms with E-state index < -0.39 is 11.9 Å². The van der Waals surface area contributed by atoms with E-state index in [2.05, 4.69) is 0 Å². The molecule has 16 heavy (non-hydrogen) atoms. The quantitative estimate of drug-likeness (QED) is 0.715. The van der Waals surface area contributed by atoms with Crippen molar-refractivity contribution in [2.24, 2.45) is 11.8 Å². The van der Waals surface area contributed by atoms with Gasteiger partial charge in [0.15, 0.2) is 0 Å². The predicted molar refractivity (Wildman–Crippen MR) is 55.7 cm³/mol. The van der Waals surface area contributed by atoms with Crippen LogP contribution in [-0.2, 0) is 9.59 Å². The average molecular weight is 227 g/mol. The molecular formula is C11H17NO4. The second kappa shape index (κ2) is 4.41. The fourth-order valence-electron chi connectivity index (χ4n) is 2.63. The molecule has 2 fully saturated rings. The molecule has 1 heterocycles. The SMILES string of the molecule is O=C(O)C1CC(=O)N(CC2CCCC2O)C1. The number of amides is 1. The fourth-order valence-corrected chi connectivity index (χ4v) is 2.63. The summed E-state index contributed by atoms with van der Waals surface area (Å²) >= 11 is 0. The number of nitrogens with zero attached hydrogens (tertiary/aromatic N) is 1. The topological polar surface area (TPSA) is 77.8 Å². The van der Waals surface area contributed by atoms with Gasteiger partial charge in [0.2, 0.25) is 5.91 Å².